The number of rotatable bonds is 36. The van der Waals surface area contributed by atoms with E-state index in [1.54, 1.807) is 6.08 Å². The zero-order chi connectivity index (χ0) is 40.8. The highest BCUT2D eigenvalue weighted by Crippen LogP contribution is 2.43. The van der Waals surface area contributed by atoms with Crippen molar-refractivity contribution in [3.05, 3.63) is 72.9 Å². The molecule has 0 saturated carbocycles. The molecule has 0 fully saturated rings. The van der Waals surface area contributed by atoms with Crippen molar-refractivity contribution in [2.45, 2.75) is 155 Å². The van der Waals surface area contributed by atoms with Gasteiger partial charge in [0, 0.05) is 12.8 Å². The fraction of sp³-hybridized carbons (Fsp3) is 0.674. The summed E-state index contributed by atoms with van der Waals surface area (Å²) in [7, 11) is -4.65. The van der Waals surface area contributed by atoms with Gasteiger partial charge in [0.05, 0.1) is 25.9 Å². The standard InChI is InChI=1S/C43H73O11P/c1-4-5-24-30-39(45)31-26-21-17-13-9-7-6-8-10-14-19-23-28-33-43(48)54-41(37-53-55(49,50)52-35-40(46)34-44)36-51-42(47)32-27-22-18-15-11-12-16-20-25-29-38(2)3/h5,7-10,17,19,21,23-24,26,31,38-41,44-46H,4,6,11-16,18,20,22,25,27-30,32-37H2,1-3H3,(H,49,50)/b9-7-,10-8-,21-17+,23-19-,24-5-,31-26+/t39?,40-,41+/m0/s1. The Balaban J connectivity index is 4.52. The zero-order valence-electron chi connectivity index (χ0n) is 33.9. The number of aliphatic hydroxyl groups excluding tert-OH is 3. The minimum absolute atomic E-state index is 0.0406. The smallest absolute Gasteiger partial charge is 0.462 e. The number of hydrogen-bond donors (Lipinski definition) is 4. The number of phosphoric ester groups is 1. The van der Waals surface area contributed by atoms with Crippen molar-refractivity contribution in [3.63, 3.8) is 0 Å². The van der Waals surface area contributed by atoms with Gasteiger partial charge in [-0.25, -0.2) is 4.57 Å². The van der Waals surface area contributed by atoms with Crippen LogP contribution in [0.5, 0.6) is 0 Å². The van der Waals surface area contributed by atoms with Gasteiger partial charge in [-0.2, -0.15) is 0 Å². The Morgan fingerprint density at radius 2 is 1.25 bits per heavy atom. The maximum absolute atomic E-state index is 12.6. The molecule has 0 aliphatic rings. The molecule has 55 heavy (non-hydrogen) atoms. The summed E-state index contributed by atoms with van der Waals surface area (Å²) in [6.07, 6.45) is 36.6. The molecule has 0 rings (SSSR count). The van der Waals surface area contributed by atoms with Crippen LogP contribution in [-0.4, -0.2) is 76.9 Å². The molecule has 0 aromatic carbocycles. The molecule has 12 heteroatoms. The van der Waals surface area contributed by atoms with Crippen LogP contribution in [0, 0.1) is 5.92 Å². The summed E-state index contributed by atoms with van der Waals surface area (Å²) in [4.78, 5) is 34.9. The Morgan fingerprint density at radius 3 is 1.87 bits per heavy atom. The van der Waals surface area contributed by atoms with E-state index >= 15 is 0 Å². The third-order valence-electron chi connectivity index (χ3n) is 8.15. The Hall–Kier alpha value is -2.63. The quantitative estimate of drug-likeness (QED) is 0.0157. The maximum Gasteiger partial charge on any atom is 0.472 e. The molecule has 4 atom stereocenters. The third-order valence-corrected chi connectivity index (χ3v) is 9.10. The van der Waals surface area contributed by atoms with E-state index in [0.29, 0.717) is 25.7 Å². The number of unbranched alkanes of at least 4 members (excludes halogenated alkanes) is 8. The number of hydrogen-bond acceptors (Lipinski definition) is 10. The van der Waals surface area contributed by atoms with E-state index in [4.69, 9.17) is 19.1 Å². The molecule has 0 aliphatic heterocycles. The monoisotopic (exact) mass is 796 g/mol. The van der Waals surface area contributed by atoms with Crippen molar-refractivity contribution in [1.29, 1.82) is 0 Å². The summed E-state index contributed by atoms with van der Waals surface area (Å²) >= 11 is 0. The van der Waals surface area contributed by atoms with Crippen LogP contribution >= 0.6 is 7.82 Å². The first-order valence-electron chi connectivity index (χ1n) is 20.4. The van der Waals surface area contributed by atoms with E-state index in [0.717, 1.165) is 44.4 Å². The molecule has 0 amide bonds. The number of esters is 2. The number of carbonyl (C=O) groups excluding carboxylic acids is 2. The van der Waals surface area contributed by atoms with Gasteiger partial charge in [-0.1, -0.05) is 151 Å². The second kappa shape index (κ2) is 37.0. The SMILES string of the molecule is CC/C=C\CC(O)/C=C/C=C/C/C=C\C/C=C\C/C=C\CCC(=O)O[C@H](COC(=O)CCCCCCCCCCCC(C)C)COP(=O)(O)OC[C@@H](O)CO. The number of phosphoric acid groups is 1. The second-order valence-corrected chi connectivity index (χ2v) is 15.4. The van der Waals surface area contributed by atoms with E-state index in [1.165, 1.54) is 38.5 Å². The van der Waals surface area contributed by atoms with Gasteiger partial charge in [-0.05, 0) is 50.9 Å². The Morgan fingerprint density at radius 1 is 0.673 bits per heavy atom. The maximum atomic E-state index is 12.6. The first-order chi connectivity index (χ1) is 26.5. The summed E-state index contributed by atoms with van der Waals surface area (Å²) < 4.78 is 32.5. The van der Waals surface area contributed by atoms with Crippen molar-refractivity contribution in [1.82, 2.24) is 0 Å². The highest BCUT2D eigenvalue weighted by atomic mass is 31.2. The summed E-state index contributed by atoms with van der Waals surface area (Å²) in [5.41, 5.74) is 0. The summed E-state index contributed by atoms with van der Waals surface area (Å²) in [6.45, 7) is 4.33. The molecule has 0 bridgehead atoms. The highest BCUT2D eigenvalue weighted by molar-refractivity contribution is 7.47. The van der Waals surface area contributed by atoms with Gasteiger partial charge in [-0.15, -0.1) is 0 Å². The molecule has 4 N–H and O–H groups in total. The summed E-state index contributed by atoms with van der Waals surface area (Å²) in [5, 5.41) is 28.1. The van der Waals surface area contributed by atoms with Crippen LogP contribution in [0.15, 0.2) is 72.9 Å². The van der Waals surface area contributed by atoms with E-state index in [2.05, 4.69) is 43.5 Å². The molecule has 0 saturated heterocycles. The fourth-order valence-electron chi connectivity index (χ4n) is 4.99. The molecule has 316 valence electrons. The minimum Gasteiger partial charge on any atom is -0.462 e. The summed E-state index contributed by atoms with van der Waals surface area (Å²) in [5.74, 6) is -0.284. The molecule has 0 spiro atoms. The Kier molecular flexibility index (Phi) is 35.2. The molecular formula is C43H73O11P. The lowest BCUT2D eigenvalue weighted by Crippen LogP contribution is -2.29. The zero-order valence-corrected chi connectivity index (χ0v) is 34.8. The van der Waals surface area contributed by atoms with Gasteiger partial charge in [0.1, 0.15) is 12.7 Å². The van der Waals surface area contributed by atoms with Crippen molar-refractivity contribution in [3.8, 4) is 0 Å². The molecule has 0 heterocycles. The largest absolute Gasteiger partial charge is 0.472 e. The van der Waals surface area contributed by atoms with Crippen LogP contribution in [0.25, 0.3) is 0 Å². The average Bonchev–Trinajstić information content (AvgIpc) is 3.15. The molecular weight excluding hydrogens is 723 g/mol. The minimum atomic E-state index is -4.65. The molecule has 11 nitrogen and oxygen atoms in total. The van der Waals surface area contributed by atoms with Gasteiger partial charge >= 0.3 is 19.8 Å². The second-order valence-electron chi connectivity index (χ2n) is 14.0. The first kappa shape index (κ1) is 52.4. The van der Waals surface area contributed by atoms with Crippen LogP contribution < -0.4 is 0 Å². The van der Waals surface area contributed by atoms with E-state index in [-0.39, 0.29) is 19.4 Å². The van der Waals surface area contributed by atoms with Gasteiger partial charge < -0.3 is 29.7 Å². The van der Waals surface area contributed by atoms with Crippen LogP contribution in [0.4, 0.5) is 0 Å². The topological polar surface area (TPSA) is 169 Å². The van der Waals surface area contributed by atoms with Crippen LogP contribution in [-0.2, 0) is 32.7 Å². The third kappa shape index (κ3) is 38.0. The molecule has 0 aromatic rings. The Labute approximate surface area is 331 Å². The van der Waals surface area contributed by atoms with Crippen molar-refractivity contribution < 1.29 is 52.9 Å². The predicted molar refractivity (Wildman–Crippen MR) is 220 cm³/mol. The number of allylic oxidation sites excluding steroid dienone is 10. The molecule has 0 aliphatic carbocycles. The average molecular weight is 797 g/mol. The summed E-state index contributed by atoms with van der Waals surface area (Å²) in [6, 6.07) is 0. The van der Waals surface area contributed by atoms with E-state index < -0.39 is 57.9 Å². The van der Waals surface area contributed by atoms with Gasteiger partial charge in [0.15, 0.2) is 6.10 Å². The normalized spacial score (nSPS) is 15.3. The number of ether oxygens (including phenoxy) is 2. The van der Waals surface area contributed by atoms with Gasteiger partial charge in [0.25, 0.3) is 0 Å². The lowest BCUT2D eigenvalue weighted by atomic mass is 10.0. The molecule has 0 radical (unpaired) electrons. The Bertz CT molecular complexity index is 1180. The van der Waals surface area contributed by atoms with Crippen LogP contribution in [0.2, 0.25) is 0 Å². The first-order valence-corrected chi connectivity index (χ1v) is 21.9. The van der Waals surface area contributed by atoms with Gasteiger partial charge in [-0.3, -0.25) is 18.6 Å². The fourth-order valence-corrected chi connectivity index (χ4v) is 5.78. The molecule has 2 unspecified atom stereocenters. The number of aliphatic hydroxyl groups is 3. The molecule has 0 aromatic heterocycles. The lowest BCUT2D eigenvalue weighted by Gasteiger charge is -2.20. The highest BCUT2D eigenvalue weighted by Gasteiger charge is 2.27. The van der Waals surface area contributed by atoms with Crippen LogP contribution in [0.1, 0.15) is 136 Å². The van der Waals surface area contributed by atoms with E-state index in [1.807, 2.05) is 48.6 Å². The van der Waals surface area contributed by atoms with Gasteiger partial charge in [0.2, 0.25) is 0 Å². The number of carbonyl (C=O) groups is 2. The van der Waals surface area contributed by atoms with Crippen LogP contribution in [0.3, 0.4) is 0 Å². The predicted octanol–water partition coefficient (Wildman–Crippen LogP) is 9.32. The lowest BCUT2D eigenvalue weighted by molar-refractivity contribution is -0.161. The van der Waals surface area contributed by atoms with Crippen molar-refractivity contribution in [2.24, 2.45) is 5.92 Å². The van der Waals surface area contributed by atoms with Crippen molar-refractivity contribution >= 4 is 19.8 Å². The van der Waals surface area contributed by atoms with E-state index in [9.17, 15) is 29.3 Å². The van der Waals surface area contributed by atoms with Crippen molar-refractivity contribution in [2.75, 3.05) is 26.4 Å².